The van der Waals surface area contributed by atoms with Crippen molar-refractivity contribution in [2.75, 3.05) is 6.54 Å². The number of aromatic nitrogens is 3. The van der Waals surface area contributed by atoms with Gasteiger partial charge in [0.1, 0.15) is 12.2 Å². The Morgan fingerprint density at radius 3 is 2.72 bits per heavy atom. The lowest BCUT2D eigenvalue weighted by atomic mass is 9.79. The summed E-state index contributed by atoms with van der Waals surface area (Å²) in [5, 5.41) is 7.95. The number of rotatable bonds is 6. The van der Waals surface area contributed by atoms with Crippen LogP contribution in [0.5, 0.6) is 0 Å². The molecular formula is C14H26N4. The van der Waals surface area contributed by atoms with E-state index in [0.717, 1.165) is 25.3 Å². The number of aryl methyl sites for hydroxylation is 1. The maximum atomic E-state index is 4.42. The van der Waals surface area contributed by atoms with Gasteiger partial charge in [-0.1, -0.05) is 26.7 Å². The van der Waals surface area contributed by atoms with Crippen LogP contribution >= 0.6 is 0 Å². The molecule has 1 fully saturated rings. The average Bonchev–Trinajstić information content (AvgIpc) is 2.98. The summed E-state index contributed by atoms with van der Waals surface area (Å²) in [5.41, 5.74) is 0.431. The van der Waals surface area contributed by atoms with Crippen LogP contribution in [0.15, 0.2) is 6.33 Å². The van der Waals surface area contributed by atoms with Crippen molar-refractivity contribution in [2.45, 2.75) is 65.5 Å². The zero-order valence-corrected chi connectivity index (χ0v) is 11.9. The molecule has 0 saturated heterocycles. The highest BCUT2D eigenvalue weighted by Gasteiger charge is 2.37. The van der Waals surface area contributed by atoms with E-state index in [-0.39, 0.29) is 0 Å². The van der Waals surface area contributed by atoms with Gasteiger partial charge in [0.15, 0.2) is 0 Å². The molecule has 1 saturated carbocycles. The highest BCUT2D eigenvalue weighted by atomic mass is 15.3. The summed E-state index contributed by atoms with van der Waals surface area (Å²) in [7, 11) is 0. The third-order valence-corrected chi connectivity index (χ3v) is 4.42. The maximum Gasteiger partial charge on any atom is 0.138 e. The third-order valence-electron chi connectivity index (χ3n) is 4.42. The fourth-order valence-corrected chi connectivity index (χ4v) is 3.24. The van der Waals surface area contributed by atoms with Gasteiger partial charge >= 0.3 is 0 Å². The van der Waals surface area contributed by atoms with Crippen LogP contribution in [0.3, 0.4) is 0 Å². The standard InChI is InChI=1S/C14H26N4/c1-4-15-12(14(3)8-6-7-9-14)10-13-16-11-17-18(13)5-2/h11-12,15H,4-10H2,1-3H3. The van der Waals surface area contributed by atoms with Gasteiger partial charge in [-0.05, 0) is 31.7 Å². The molecule has 1 aliphatic rings. The fraction of sp³-hybridized carbons (Fsp3) is 0.857. The lowest BCUT2D eigenvalue weighted by molar-refractivity contribution is 0.218. The minimum Gasteiger partial charge on any atom is -0.313 e. The van der Waals surface area contributed by atoms with Crippen molar-refractivity contribution in [1.29, 1.82) is 0 Å². The molecular weight excluding hydrogens is 224 g/mol. The van der Waals surface area contributed by atoms with E-state index in [2.05, 4.69) is 36.2 Å². The van der Waals surface area contributed by atoms with Crippen LogP contribution in [0, 0.1) is 5.41 Å². The Kier molecular flexibility index (Phi) is 4.38. The average molecular weight is 250 g/mol. The Labute approximate surface area is 110 Å². The molecule has 4 nitrogen and oxygen atoms in total. The van der Waals surface area contributed by atoms with E-state index in [1.165, 1.54) is 25.7 Å². The van der Waals surface area contributed by atoms with Gasteiger partial charge in [-0.3, -0.25) is 4.68 Å². The topological polar surface area (TPSA) is 42.7 Å². The van der Waals surface area contributed by atoms with Crippen LogP contribution < -0.4 is 5.32 Å². The van der Waals surface area contributed by atoms with Crippen molar-refractivity contribution in [3.05, 3.63) is 12.2 Å². The third kappa shape index (κ3) is 2.74. The van der Waals surface area contributed by atoms with Gasteiger partial charge in [0, 0.05) is 19.0 Å². The zero-order valence-electron chi connectivity index (χ0n) is 11.9. The molecule has 0 aromatic carbocycles. The largest absolute Gasteiger partial charge is 0.313 e. The molecule has 1 unspecified atom stereocenters. The lowest BCUT2D eigenvalue weighted by Gasteiger charge is -2.34. The Hall–Kier alpha value is -0.900. The van der Waals surface area contributed by atoms with E-state index in [1.54, 1.807) is 6.33 Å². The number of hydrogen-bond acceptors (Lipinski definition) is 3. The Bertz CT molecular complexity index is 366. The second-order valence-corrected chi connectivity index (χ2v) is 5.67. The molecule has 4 heteroatoms. The predicted octanol–water partition coefficient (Wildman–Crippen LogP) is 2.40. The van der Waals surface area contributed by atoms with E-state index in [4.69, 9.17) is 0 Å². The van der Waals surface area contributed by atoms with Crippen LogP contribution in [0.25, 0.3) is 0 Å². The summed E-state index contributed by atoms with van der Waals surface area (Å²) in [6, 6.07) is 0.527. The number of nitrogens with zero attached hydrogens (tertiary/aromatic N) is 3. The Morgan fingerprint density at radius 2 is 2.11 bits per heavy atom. The summed E-state index contributed by atoms with van der Waals surface area (Å²) < 4.78 is 2.02. The normalized spacial score (nSPS) is 20.2. The van der Waals surface area contributed by atoms with Crippen LogP contribution in [0.2, 0.25) is 0 Å². The molecule has 1 aliphatic carbocycles. The van der Waals surface area contributed by atoms with Gasteiger partial charge in [0.2, 0.25) is 0 Å². The van der Waals surface area contributed by atoms with E-state index in [0.29, 0.717) is 11.5 Å². The van der Waals surface area contributed by atoms with Crippen molar-refractivity contribution < 1.29 is 0 Å². The lowest BCUT2D eigenvalue weighted by Crippen LogP contribution is -2.44. The smallest absolute Gasteiger partial charge is 0.138 e. The summed E-state index contributed by atoms with van der Waals surface area (Å²) in [6.07, 6.45) is 8.10. The van der Waals surface area contributed by atoms with Gasteiger partial charge in [-0.25, -0.2) is 4.98 Å². The van der Waals surface area contributed by atoms with E-state index >= 15 is 0 Å². The highest BCUT2D eigenvalue weighted by molar-refractivity contribution is 4.98. The van der Waals surface area contributed by atoms with Crippen molar-refractivity contribution in [3.63, 3.8) is 0 Å². The fourth-order valence-electron chi connectivity index (χ4n) is 3.24. The van der Waals surface area contributed by atoms with Crippen molar-refractivity contribution >= 4 is 0 Å². The molecule has 0 amide bonds. The van der Waals surface area contributed by atoms with Crippen molar-refractivity contribution in [1.82, 2.24) is 20.1 Å². The number of nitrogens with one attached hydrogen (secondary N) is 1. The second-order valence-electron chi connectivity index (χ2n) is 5.67. The quantitative estimate of drug-likeness (QED) is 0.843. The van der Waals surface area contributed by atoms with Crippen LogP contribution in [0.4, 0.5) is 0 Å². The number of likely N-dealkylation sites (N-methyl/N-ethyl adjacent to an activating group) is 1. The first-order valence-corrected chi connectivity index (χ1v) is 7.29. The van der Waals surface area contributed by atoms with Crippen molar-refractivity contribution in [3.8, 4) is 0 Å². The molecule has 1 heterocycles. The van der Waals surface area contributed by atoms with Gasteiger partial charge in [0.05, 0.1) is 0 Å². The minimum atomic E-state index is 0.431. The molecule has 0 spiro atoms. The maximum absolute atomic E-state index is 4.42. The SMILES string of the molecule is CCNC(Cc1ncnn1CC)C1(C)CCCC1. The first-order chi connectivity index (χ1) is 8.69. The molecule has 18 heavy (non-hydrogen) atoms. The van der Waals surface area contributed by atoms with Crippen LogP contribution in [0.1, 0.15) is 52.3 Å². The molecule has 0 aliphatic heterocycles. The van der Waals surface area contributed by atoms with Gasteiger partial charge < -0.3 is 5.32 Å². The predicted molar refractivity (Wildman–Crippen MR) is 73.4 cm³/mol. The van der Waals surface area contributed by atoms with Gasteiger partial charge in [-0.2, -0.15) is 5.10 Å². The molecule has 1 aromatic heterocycles. The van der Waals surface area contributed by atoms with Gasteiger partial charge in [-0.15, -0.1) is 0 Å². The summed E-state index contributed by atoms with van der Waals surface area (Å²) in [4.78, 5) is 4.42. The zero-order chi connectivity index (χ0) is 13.0. The molecule has 0 bridgehead atoms. The first kappa shape index (κ1) is 13.5. The summed E-state index contributed by atoms with van der Waals surface area (Å²) in [6.45, 7) is 8.68. The molecule has 1 atom stereocenters. The number of hydrogen-bond donors (Lipinski definition) is 1. The summed E-state index contributed by atoms with van der Waals surface area (Å²) >= 11 is 0. The highest BCUT2D eigenvalue weighted by Crippen LogP contribution is 2.41. The van der Waals surface area contributed by atoms with E-state index < -0.39 is 0 Å². The Balaban J connectivity index is 2.11. The monoisotopic (exact) mass is 250 g/mol. The first-order valence-electron chi connectivity index (χ1n) is 7.29. The molecule has 0 radical (unpaired) electrons. The minimum absolute atomic E-state index is 0.431. The van der Waals surface area contributed by atoms with E-state index in [1.807, 2.05) is 4.68 Å². The van der Waals surface area contributed by atoms with Crippen molar-refractivity contribution in [2.24, 2.45) is 5.41 Å². The van der Waals surface area contributed by atoms with Crippen LogP contribution in [-0.4, -0.2) is 27.4 Å². The molecule has 1 aromatic rings. The second kappa shape index (κ2) is 5.83. The van der Waals surface area contributed by atoms with Gasteiger partial charge in [0.25, 0.3) is 0 Å². The van der Waals surface area contributed by atoms with E-state index in [9.17, 15) is 0 Å². The molecule has 2 rings (SSSR count). The molecule has 1 N–H and O–H groups in total. The Morgan fingerprint density at radius 1 is 1.39 bits per heavy atom. The van der Waals surface area contributed by atoms with Crippen LogP contribution in [-0.2, 0) is 13.0 Å². The summed E-state index contributed by atoms with van der Waals surface area (Å²) in [5.74, 6) is 1.12. The molecule has 102 valence electrons.